The molecule has 0 amide bonds. The summed E-state index contributed by atoms with van der Waals surface area (Å²) < 4.78 is 55.2. The average molecular weight is 323 g/mol. The van der Waals surface area contributed by atoms with Gasteiger partial charge in [0, 0.05) is 11.6 Å². The minimum Gasteiger partial charge on any atom is -0.591 e. The molecule has 0 aliphatic rings. The number of hydrogen-bond acceptors (Lipinski definition) is 4. The summed E-state index contributed by atoms with van der Waals surface area (Å²) in [6, 6.07) is 3.12. The van der Waals surface area contributed by atoms with Crippen LogP contribution in [0.3, 0.4) is 0 Å². The number of ether oxygens (including phenoxy) is 1. The lowest BCUT2D eigenvalue weighted by Gasteiger charge is -2.19. The topological polar surface area (TPSA) is 64.9 Å². The Morgan fingerprint density at radius 1 is 1.29 bits per heavy atom. The number of rotatable bonds is 3. The smallest absolute Gasteiger partial charge is 0.573 e. The first-order valence-electron chi connectivity index (χ1n) is 5.96. The first kappa shape index (κ1) is 17.6. The number of nitrogens with zero attached hydrogens (tertiary/aromatic N) is 1. The van der Waals surface area contributed by atoms with Gasteiger partial charge < -0.3 is 14.4 Å². The van der Waals surface area contributed by atoms with Crippen LogP contribution in [0.2, 0.25) is 0 Å². The maximum Gasteiger partial charge on any atom is 0.573 e. The Kier molecular flexibility index (Phi) is 5.16. The van der Waals surface area contributed by atoms with Gasteiger partial charge >= 0.3 is 6.36 Å². The minimum absolute atomic E-state index is 0.196. The van der Waals surface area contributed by atoms with Crippen LogP contribution in [-0.4, -0.2) is 26.5 Å². The van der Waals surface area contributed by atoms with Crippen LogP contribution in [-0.2, 0) is 11.4 Å². The van der Waals surface area contributed by atoms with Gasteiger partial charge in [-0.15, -0.1) is 13.2 Å². The van der Waals surface area contributed by atoms with Crippen LogP contribution < -0.4 is 4.74 Å². The van der Waals surface area contributed by atoms with E-state index in [2.05, 4.69) is 9.13 Å². The molecule has 0 aliphatic heterocycles. The fraction of sp³-hybridized carbons (Fsp3) is 0.462. The van der Waals surface area contributed by atoms with E-state index >= 15 is 0 Å². The van der Waals surface area contributed by atoms with Crippen LogP contribution in [0.5, 0.6) is 11.5 Å². The number of phenols is 1. The Morgan fingerprint density at radius 3 is 2.29 bits per heavy atom. The standard InChI is InChI=1S/C13H16F3NO3S/c1-8(17-21(19)12(2,3)4)10-6-5-9(7-11(10)18)20-13(14,15)16/h5-7,18H,1-4H3. The molecule has 1 rings (SSSR count). The molecule has 0 aromatic heterocycles. The predicted molar refractivity (Wildman–Crippen MR) is 74.9 cm³/mol. The molecule has 8 heteroatoms. The zero-order chi connectivity index (χ0) is 16.4. The molecule has 4 nitrogen and oxygen atoms in total. The van der Waals surface area contributed by atoms with Crippen LogP contribution >= 0.6 is 0 Å². The number of aromatic hydroxyl groups is 1. The second-order valence-electron chi connectivity index (χ2n) is 5.26. The molecule has 0 saturated carbocycles. The van der Waals surface area contributed by atoms with Gasteiger partial charge in [-0.2, -0.15) is 0 Å². The summed E-state index contributed by atoms with van der Waals surface area (Å²) in [7, 11) is 0. The summed E-state index contributed by atoms with van der Waals surface area (Å²) in [5.74, 6) is -0.961. The van der Waals surface area contributed by atoms with Gasteiger partial charge in [-0.3, -0.25) is 0 Å². The van der Waals surface area contributed by atoms with Gasteiger partial charge in [0.05, 0.1) is 5.71 Å². The second-order valence-corrected chi connectivity index (χ2v) is 7.17. The predicted octanol–water partition coefficient (Wildman–Crippen LogP) is 3.56. The molecule has 1 atom stereocenters. The van der Waals surface area contributed by atoms with Crippen LogP contribution in [0.4, 0.5) is 13.2 Å². The normalized spacial score (nSPS) is 15.0. The minimum atomic E-state index is -4.83. The lowest BCUT2D eigenvalue weighted by molar-refractivity contribution is -0.274. The van der Waals surface area contributed by atoms with Crippen LogP contribution in [0.1, 0.15) is 33.3 Å². The van der Waals surface area contributed by atoms with E-state index in [0.717, 1.165) is 12.1 Å². The van der Waals surface area contributed by atoms with Gasteiger partial charge in [0.2, 0.25) is 0 Å². The van der Waals surface area contributed by atoms with Crippen LogP contribution in [0.25, 0.3) is 0 Å². The average Bonchev–Trinajstić information content (AvgIpc) is 2.24. The van der Waals surface area contributed by atoms with Crippen molar-refractivity contribution in [3.05, 3.63) is 23.8 Å². The van der Waals surface area contributed by atoms with Crippen molar-refractivity contribution in [2.24, 2.45) is 4.40 Å². The van der Waals surface area contributed by atoms with Crippen LogP contribution in [0.15, 0.2) is 22.6 Å². The summed E-state index contributed by atoms with van der Waals surface area (Å²) >= 11 is -1.53. The van der Waals surface area contributed by atoms with E-state index in [4.69, 9.17) is 0 Å². The van der Waals surface area contributed by atoms with Gasteiger partial charge in [-0.1, -0.05) is 4.40 Å². The van der Waals surface area contributed by atoms with Crippen molar-refractivity contribution in [3.63, 3.8) is 0 Å². The first-order chi connectivity index (χ1) is 9.40. The molecule has 21 heavy (non-hydrogen) atoms. The van der Waals surface area contributed by atoms with Crippen molar-refractivity contribution in [1.82, 2.24) is 0 Å². The zero-order valence-electron chi connectivity index (χ0n) is 12.0. The van der Waals surface area contributed by atoms with Gasteiger partial charge in [0.1, 0.15) is 27.6 Å². The fourth-order valence-corrected chi connectivity index (χ4v) is 1.95. The summed E-state index contributed by atoms with van der Waals surface area (Å²) in [4.78, 5) is 0. The Labute approximate surface area is 124 Å². The molecule has 0 fully saturated rings. The fourth-order valence-electron chi connectivity index (χ4n) is 1.32. The van der Waals surface area contributed by atoms with Crippen molar-refractivity contribution in [3.8, 4) is 11.5 Å². The molecule has 1 N–H and O–H groups in total. The lowest BCUT2D eigenvalue weighted by Crippen LogP contribution is -2.26. The molecule has 0 heterocycles. The van der Waals surface area contributed by atoms with Gasteiger partial charge in [0.25, 0.3) is 0 Å². The molecule has 0 spiro atoms. The lowest BCUT2D eigenvalue weighted by atomic mass is 10.1. The number of phenolic OH excluding ortho intramolecular Hbond substituents is 1. The van der Waals surface area contributed by atoms with E-state index in [1.807, 2.05) is 0 Å². The van der Waals surface area contributed by atoms with Crippen LogP contribution in [0, 0.1) is 0 Å². The van der Waals surface area contributed by atoms with E-state index < -0.39 is 34.0 Å². The van der Waals surface area contributed by atoms with Crippen molar-refractivity contribution in [1.29, 1.82) is 0 Å². The van der Waals surface area contributed by atoms with Crippen molar-refractivity contribution < 1.29 is 27.6 Å². The largest absolute Gasteiger partial charge is 0.591 e. The molecule has 1 aromatic rings. The van der Waals surface area contributed by atoms with Crippen molar-refractivity contribution >= 4 is 17.1 Å². The van der Waals surface area contributed by atoms with E-state index in [0.29, 0.717) is 0 Å². The Bertz CT molecular complexity index is 538. The third kappa shape index (κ3) is 5.47. The Hall–Kier alpha value is -1.41. The highest BCUT2D eigenvalue weighted by molar-refractivity contribution is 7.91. The van der Waals surface area contributed by atoms with Crippen molar-refractivity contribution in [2.75, 3.05) is 0 Å². The number of benzene rings is 1. The summed E-state index contributed by atoms with van der Waals surface area (Å²) in [6.45, 7) is 6.73. The number of hydrogen-bond donors (Lipinski definition) is 1. The van der Waals surface area contributed by atoms with Gasteiger partial charge in [0.15, 0.2) is 0 Å². The molecule has 0 bridgehead atoms. The number of halogens is 3. The van der Waals surface area contributed by atoms with Gasteiger partial charge in [-0.05, 0) is 39.8 Å². The zero-order valence-corrected chi connectivity index (χ0v) is 12.8. The summed E-state index contributed by atoms with van der Waals surface area (Å²) in [5, 5.41) is 9.75. The Morgan fingerprint density at radius 2 is 1.86 bits per heavy atom. The molecule has 0 radical (unpaired) electrons. The quantitative estimate of drug-likeness (QED) is 0.683. The molecule has 118 valence electrons. The molecule has 1 aromatic carbocycles. The molecule has 0 aliphatic carbocycles. The highest BCUT2D eigenvalue weighted by Crippen LogP contribution is 2.29. The second kappa shape index (κ2) is 6.15. The van der Waals surface area contributed by atoms with Crippen molar-refractivity contribution in [2.45, 2.75) is 38.8 Å². The Balaban J connectivity index is 3.02. The van der Waals surface area contributed by atoms with Gasteiger partial charge in [-0.25, -0.2) is 0 Å². The summed E-state index contributed by atoms with van der Waals surface area (Å²) in [5.41, 5.74) is 0.460. The van der Waals surface area contributed by atoms with E-state index in [9.17, 15) is 22.8 Å². The third-order valence-electron chi connectivity index (χ3n) is 2.34. The maximum atomic E-state index is 12.1. The SMILES string of the molecule is CC(=N[S+]([O-])C(C)(C)C)c1ccc(OC(F)(F)F)cc1O. The molecular weight excluding hydrogens is 307 g/mol. The maximum absolute atomic E-state index is 12.1. The number of alkyl halides is 3. The summed E-state index contributed by atoms with van der Waals surface area (Å²) in [6.07, 6.45) is -4.83. The van der Waals surface area contributed by atoms with E-state index in [1.54, 1.807) is 20.8 Å². The highest BCUT2D eigenvalue weighted by atomic mass is 32.2. The monoisotopic (exact) mass is 323 g/mol. The first-order valence-corrected chi connectivity index (χ1v) is 7.07. The van der Waals surface area contributed by atoms with E-state index in [-0.39, 0.29) is 11.3 Å². The molecule has 0 saturated heterocycles. The van der Waals surface area contributed by atoms with E-state index in [1.165, 1.54) is 13.0 Å². The molecule has 1 unspecified atom stereocenters. The highest BCUT2D eigenvalue weighted by Gasteiger charge is 2.31. The third-order valence-corrected chi connectivity index (χ3v) is 3.82. The molecular formula is C13H16F3NO3S.